The van der Waals surface area contributed by atoms with Crippen LogP contribution in [0.4, 0.5) is 0 Å². The number of aryl methyl sites for hydroxylation is 1. The Morgan fingerprint density at radius 1 is 1.56 bits per heavy atom. The Hall–Kier alpha value is -0.870. The topological polar surface area (TPSA) is 38.8 Å². The number of esters is 1. The van der Waals surface area contributed by atoms with E-state index in [1.165, 1.54) is 11.1 Å². The van der Waals surface area contributed by atoms with E-state index in [-0.39, 0.29) is 17.7 Å². The molecule has 2 unspecified atom stereocenters. The van der Waals surface area contributed by atoms with Crippen LogP contribution < -0.4 is 0 Å². The predicted octanol–water partition coefficient (Wildman–Crippen LogP) is 2.64. The molecule has 0 amide bonds. The molecule has 1 heterocycles. The highest BCUT2D eigenvalue weighted by atomic mass is 79.9. The monoisotopic (exact) mass is 310 g/mol. The summed E-state index contributed by atoms with van der Waals surface area (Å²) < 4.78 is 11.8. The summed E-state index contributed by atoms with van der Waals surface area (Å²) in [4.78, 5) is 11.7. The molecular weight excluding hydrogens is 296 g/mol. The molecule has 1 spiro atoms. The highest BCUT2D eigenvalue weighted by Gasteiger charge is 2.62. The van der Waals surface area contributed by atoms with E-state index in [2.05, 4.69) is 28.1 Å². The van der Waals surface area contributed by atoms with Crippen molar-refractivity contribution in [3.63, 3.8) is 0 Å². The highest BCUT2D eigenvalue weighted by Crippen LogP contribution is 2.47. The van der Waals surface area contributed by atoms with Gasteiger partial charge >= 0.3 is 5.97 Å². The second-order valence-corrected chi connectivity index (χ2v) is 5.82. The van der Waals surface area contributed by atoms with Gasteiger partial charge in [-0.3, -0.25) is 0 Å². The van der Waals surface area contributed by atoms with Crippen molar-refractivity contribution in [2.24, 2.45) is 0 Å². The highest BCUT2D eigenvalue weighted by molar-refractivity contribution is 9.10. The van der Waals surface area contributed by atoms with Crippen LogP contribution in [-0.2, 0) is 27.1 Å². The first-order valence-corrected chi connectivity index (χ1v) is 7.06. The fourth-order valence-electron chi connectivity index (χ4n) is 2.76. The van der Waals surface area contributed by atoms with Crippen molar-refractivity contribution < 1.29 is 14.3 Å². The molecule has 18 heavy (non-hydrogen) atoms. The Balaban J connectivity index is 1.77. The number of fused-ring (bicyclic) bond motifs is 1. The van der Waals surface area contributed by atoms with Gasteiger partial charge in [0.05, 0.1) is 6.61 Å². The van der Waals surface area contributed by atoms with Gasteiger partial charge in [-0.2, -0.15) is 0 Å². The minimum Gasteiger partial charge on any atom is -0.464 e. The first kappa shape index (κ1) is 12.2. The van der Waals surface area contributed by atoms with Crippen molar-refractivity contribution in [3.05, 3.63) is 33.8 Å². The molecule has 1 aromatic rings. The average Bonchev–Trinajstić information content (AvgIpc) is 3.04. The van der Waals surface area contributed by atoms with Gasteiger partial charge in [-0.05, 0) is 43.0 Å². The van der Waals surface area contributed by atoms with E-state index >= 15 is 0 Å². The zero-order valence-corrected chi connectivity index (χ0v) is 11.8. The summed E-state index contributed by atoms with van der Waals surface area (Å²) in [6.07, 6.45) is 2.33. The molecule has 1 saturated heterocycles. The lowest BCUT2D eigenvalue weighted by Gasteiger charge is -2.22. The number of carbonyl (C=O) groups excluding carboxylic acids is 1. The van der Waals surface area contributed by atoms with Crippen molar-refractivity contribution in [1.29, 1.82) is 0 Å². The Labute approximate surface area is 115 Å². The summed E-state index contributed by atoms with van der Waals surface area (Å²) >= 11 is 3.48. The molecule has 0 aromatic heterocycles. The third kappa shape index (κ3) is 1.97. The fraction of sp³-hybridized carbons (Fsp3) is 0.500. The van der Waals surface area contributed by atoms with Crippen LogP contribution in [0.1, 0.15) is 24.5 Å². The number of hydrogen-bond acceptors (Lipinski definition) is 3. The number of rotatable bonds is 2. The molecular formula is C14H15BrO3. The second-order valence-electron chi connectivity index (χ2n) is 4.90. The van der Waals surface area contributed by atoms with Crippen LogP contribution in [0.5, 0.6) is 0 Å². The Morgan fingerprint density at radius 3 is 3.17 bits per heavy atom. The van der Waals surface area contributed by atoms with Crippen LogP contribution in [0.3, 0.4) is 0 Å². The SMILES string of the molecule is CCOC(=O)C1OC12CCc1cc(Br)ccc1C2. The lowest BCUT2D eigenvalue weighted by atomic mass is 9.82. The van der Waals surface area contributed by atoms with Crippen LogP contribution in [0, 0.1) is 0 Å². The van der Waals surface area contributed by atoms with E-state index in [0.717, 1.165) is 23.7 Å². The van der Waals surface area contributed by atoms with E-state index in [1.807, 2.05) is 13.0 Å². The summed E-state index contributed by atoms with van der Waals surface area (Å²) in [5.74, 6) is -0.210. The van der Waals surface area contributed by atoms with Gasteiger partial charge in [-0.1, -0.05) is 22.0 Å². The third-order valence-electron chi connectivity index (χ3n) is 3.75. The third-order valence-corrected chi connectivity index (χ3v) is 4.24. The van der Waals surface area contributed by atoms with Crippen molar-refractivity contribution in [1.82, 2.24) is 0 Å². The van der Waals surface area contributed by atoms with Gasteiger partial charge in [0.2, 0.25) is 0 Å². The molecule has 4 heteroatoms. The summed E-state index contributed by atoms with van der Waals surface area (Å²) in [5, 5.41) is 0. The maximum atomic E-state index is 11.7. The minimum atomic E-state index is -0.353. The van der Waals surface area contributed by atoms with E-state index in [4.69, 9.17) is 9.47 Å². The first-order valence-electron chi connectivity index (χ1n) is 6.26. The number of carbonyl (C=O) groups is 1. The number of ether oxygens (including phenoxy) is 2. The zero-order chi connectivity index (χ0) is 12.8. The lowest BCUT2D eigenvalue weighted by Crippen LogP contribution is -2.29. The van der Waals surface area contributed by atoms with E-state index in [0.29, 0.717) is 6.61 Å². The minimum absolute atomic E-state index is 0.210. The van der Waals surface area contributed by atoms with Crippen LogP contribution in [0.25, 0.3) is 0 Å². The number of benzene rings is 1. The van der Waals surface area contributed by atoms with Crippen LogP contribution >= 0.6 is 15.9 Å². The molecule has 1 aromatic carbocycles. The second kappa shape index (κ2) is 4.35. The molecule has 0 saturated carbocycles. The van der Waals surface area contributed by atoms with Crippen molar-refractivity contribution in [2.75, 3.05) is 6.61 Å². The standard InChI is InChI=1S/C14H15BrO3/c1-2-17-13(16)12-14(18-12)6-5-9-7-11(15)4-3-10(9)8-14/h3-4,7,12H,2,5-6,8H2,1H3. The van der Waals surface area contributed by atoms with Gasteiger partial charge < -0.3 is 9.47 Å². The summed E-state index contributed by atoms with van der Waals surface area (Å²) in [6, 6.07) is 6.31. The Kier molecular flexibility index (Phi) is 2.94. The van der Waals surface area contributed by atoms with E-state index in [9.17, 15) is 4.79 Å². The lowest BCUT2D eigenvalue weighted by molar-refractivity contribution is -0.144. The molecule has 1 aliphatic carbocycles. The van der Waals surface area contributed by atoms with Crippen molar-refractivity contribution >= 4 is 21.9 Å². The summed E-state index contributed by atoms with van der Waals surface area (Å²) in [7, 11) is 0. The van der Waals surface area contributed by atoms with Crippen molar-refractivity contribution in [2.45, 2.75) is 37.9 Å². The maximum absolute atomic E-state index is 11.7. The maximum Gasteiger partial charge on any atom is 0.338 e. The molecule has 2 aliphatic rings. The summed E-state index contributed by atoms with van der Waals surface area (Å²) in [6.45, 7) is 2.24. The van der Waals surface area contributed by atoms with E-state index in [1.54, 1.807) is 0 Å². The smallest absolute Gasteiger partial charge is 0.338 e. The van der Waals surface area contributed by atoms with Crippen molar-refractivity contribution in [3.8, 4) is 0 Å². The van der Waals surface area contributed by atoms with Gasteiger partial charge in [-0.15, -0.1) is 0 Å². The zero-order valence-electron chi connectivity index (χ0n) is 10.2. The largest absolute Gasteiger partial charge is 0.464 e. The van der Waals surface area contributed by atoms with Gasteiger partial charge in [0.15, 0.2) is 6.10 Å². The molecule has 3 nitrogen and oxygen atoms in total. The molecule has 2 atom stereocenters. The quantitative estimate of drug-likeness (QED) is 0.622. The molecule has 1 fully saturated rings. The predicted molar refractivity (Wildman–Crippen MR) is 70.4 cm³/mol. The van der Waals surface area contributed by atoms with Gasteiger partial charge in [0, 0.05) is 10.9 Å². The molecule has 96 valence electrons. The molecule has 0 bridgehead atoms. The average molecular weight is 311 g/mol. The van der Waals surface area contributed by atoms with Gasteiger partial charge in [0.1, 0.15) is 5.60 Å². The Bertz CT molecular complexity index is 500. The summed E-state index contributed by atoms with van der Waals surface area (Å²) in [5.41, 5.74) is 2.36. The molecule has 3 rings (SSSR count). The van der Waals surface area contributed by atoms with Crippen LogP contribution in [0.15, 0.2) is 22.7 Å². The number of halogens is 1. The molecule has 0 N–H and O–H groups in total. The van der Waals surface area contributed by atoms with Gasteiger partial charge in [0.25, 0.3) is 0 Å². The molecule has 0 radical (unpaired) electrons. The number of epoxide rings is 1. The Morgan fingerprint density at radius 2 is 2.39 bits per heavy atom. The number of hydrogen-bond donors (Lipinski definition) is 0. The van der Waals surface area contributed by atoms with Crippen LogP contribution in [0.2, 0.25) is 0 Å². The molecule has 1 aliphatic heterocycles. The van der Waals surface area contributed by atoms with E-state index < -0.39 is 0 Å². The van der Waals surface area contributed by atoms with Gasteiger partial charge in [-0.25, -0.2) is 4.79 Å². The normalized spacial score (nSPS) is 28.9. The van der Waals surface area contributed by atoms with Crippen LogP contribution in [-0.4, -0.2) is 24.3 Å². The first-order chi connectivity index (χ1) is 8.64. The fourth-order valence-corrected chi connectivity index (χ4v) is 3.17.